The third-order valence-corrected chi connectivity index (χ3v) is 6.46. The fourth-order valence-corrected chi connectivity index (χ4v) is 4.13. The molecule has 214 valence electrons. The number of carbonyl (C=O) groups is 2. The van der Waals surface area contributed by atoms with Crippen LogP contribution in [0.1, 0.15) is 114 Å². The van der Waals surface area contributed by atoms with Crippen molar-refractivity contribution in [2.45, 2.75) is 104 Å². The van der Waals surface area contributed by atoms with Gasteiger partial charge in [-0.15, -0.1) is 0 Å². The van der Waals surface area contributed by atoms with Crippen LogP contribution < -0.4 is 9.47 Å². The highest BCUT2D eigenvalue weighted by molar-refractivity contribution is 5.91. The molecule has 0 N–H and O–H groups in total. The van der Waals surface area contributed by atoms with Gasteiger partial charge in [-0.3, -0.25) is 0 Å². The molecule has 0 bridgehead atoms. The van der Waals surface area contributed by atoms with Gasteiger partial charge in [0.05, 0.1) is 18.3 Å². The maximum Gasteiger partial charge on any atom is 0.341 e. The fraction of sp³-hybridized carbons (Fsp3) is 0.515. The number of hydrogen-bond donors (Lipinski definition) is 0. The third-order valence-electron chi connectivity index (χ3n) is 6.46. The maximum absolute atomic E-state index is 14.5. The van der Waals surface area contributed by atoms with Gasteiger partial charge < -0.3 is 14.2 Å². The summed E-state index contributed by atoms with van der Waals surface area (Å²) in [4.78, 5) is 24.5. The molecule has 0 heterocycles. The number of ether oxygens (including phenoxy) is 3. The maximum atomic E-state index is 14.5. The summed E-state index contributed by atoms with van der Waals surface area (Å²) in [6.45, 7) is 6.86. The molecule has 0 fully saturated rings. The molecule has 1 atom stereocenters. The first kappa shape index (κ1) is 32.1. The lowest BCUT2D eigenvalue weighted by Gasteiger charge is -2.13. The summed E-state index contributed by atoms with van der Waals surface area (Å²) < 4.78 is 30.9. The van der Waals surface area contributed by atoms with E-state index in [-0.39, 0.29) is 17.4 Å². The average Bonchev–Trinajstić information content (AvgIpc) is 2.92. The van der Waals surface area contributed by atoms with Crippen molar-refractivity contribution in [2.24, 2.45) is 0 Å². The van der Waals surface area contributed by atoms with Gasteiger partial charge in [0.2, 0.25) is 0 Å². The number of hydrogen-bond acceptors (Lipinski definition) is 5. The Hall–Kier alpha value is -3.15. The zero-order valence-electron chi connectivity index (χ0n) is 23.9. The van der Waals surface area contributed by atoms with E-state index in [4.69, 9.17) is 14.2 Å². The Labute approximate surface area is 233 Å². The quantitative estimate of drug-likeness (QED) is 0.0769. The first-order chi connectivity index (χ1) is 18.9. The fourth-order valence-electron chi connectivity index (χ4n) is 4.13. The minimum Gasteiger partial charge on any atom is -0.494 e. The topological polar surface area (TPSA) is 61.8 Å². The Morgan fingerprint density at radius 3 is 2.10 bits per heavy atom. The van der Waals surface area contributed by atoms with Gasteiger partial charge in [-0.2, -0.15) is 0 Å². The lowest BCUT2D eigenvalue weighted by atomic mass is 10.1. The van der Waals surface area contributed by atoms with Crippen molar-refractivity contribution in [3.63, 3.8) is 0 Å². The van der Waals surface area contributed by atoms with Crippen molar-refractivity contribution in [1.29, 1.82) is 0 Å². The van der Waals surface area contributed by atoms with Crippen molar-refractivity contribution in [2.75, 3.05) is 6.61 Å². The van der Waals surface area contributed by atoms with Crippen molar-refractivity contribution in [3.8, 4) is 11.5 Å². The summed E-state index contributed by atoms with van der Waals surface area (Å²) in [5.41, 5.74) is 0.628. The molecule has 0 unspecified atom stereocenters. The molecule has 0 amide bonds. The molecule has 2 aromatic carbocycles. The van der Waals surface area contributed by atoms with Gasteiger partial charge in [0.1, 0.15) is 17.3 Å². The Morgan fingerprint density at radius 2 is 1.44 bits per heavy atom. The second-order valence-electron chi connectivity index (χ2n) is 10.0. The summed E-state index contributed by atoms with van der Waals surface area (Å²) in [5.74, 6) is -1.35. The summed E-state index contributed by atoms with van der Waals surface area (Å²) in [7, 11) is 0. The van der Waals surface area contributed by atoms with Crippen LogP contribution in [0.2, 0.25) is 0 Å². The van der Waals surface area contributed by atoms with E-state index in [1.165, 1.54) is 56.7 Å². The summed E-state index contributed by atoms with van der Waals surface area (Å²) in [6.07, 6.45) is 16.3. The van der Waals surface area contributed by atoms with Crippen LogP contribution in [0.4, 0.5) is 4.39 Å². The third kappa shape index (κ3) is 13.5. The summed E-state index contributed by atoms with van der Waals surface area (Å²) >= 11 is 0. The number of carbonyl (C=O) groups excluding carboxylic acids is 2. The molecule has 0 radical (unpaired) electrons. The van der Waals surface area contributed by atoms with Crippen molar-refractivity contribution in [1.82, 2.24) is 0 Å². The molecule has 0 saturated carbocycles. The van der Waals surface area contributed by atoms with Crippen LogP contribution in [0.5, 0.6) is 11.5 Å². The number of unbranched alkanes of at least 4 members (excludes halogenated alkanes) is 9. The van der Waals surface area contributed by atoms with E-state index in [2.05, 4.69) is 13.8 Å². The molecular weight excluding hydrogens is 495 g/mol. The van der Waals surface area contributed by atoms with Gasteiger partial charge in [0, 0.05) is 12.1 Å². The van der Waals surface area contributed by atoms with Crippen molar-refractivity contribution in [3.05, 3.63) is 65.5 Å². The first-order valence-corrected chi connectivity index (χ1v) is 14.6. The van der Waals surface area contributed by atoms with Crippen LogP contribution in [0.15, 0.2) is 48.5 Å². The Kier molecular flexibility index (Phi) is 15.6. The van der Waals surface area contributed by atoms with Gasteiger partial charge in [-0.05, 0) is 62.1 Å². The lowest BCUT2D eigenvalue weighted by Crippen LogP contribution is -2.16. The predicted octanol–water partition coefficient (Wildman–Crippen LogP) is 9.09. The molecule has 2 aromatic rings. The van der Waals surface area contributed by atoms with E-state index in [0.29, 0.717) is 6.61 Å². The van der Waals surface area contributed by atoms with E-state index in [1.807, 2.05) is 31.2 Å². The predicted molar refractivity (Wildman–Crippen MR) is 155 cm³/mol. The van der Waals surface area contributed by atoms with Gasteiger partial charge >= 0.3 is 11.9 Å². The summed E-state index contributed by atoms with van der Waals surface area (Å²) in [5, 5.41) is 0. The molecule has 0 aromatic heterocycles. The Morgan fingerprint density at radius 1 is 0.821 bits per heavy atom. The molecule has 2 rings (SSSR count). The van der Waals surface area contributed by atoms with E-state index < -0.39 is 17.8 Å². The van der Waals surface area contributed by atoms with Crippen LogP contribution in [0.3, 0.4) is 0 Å². The van der Waals surface area contributed by atoms with Crippen LogP contribution >= 0.6 is 0 Å². The Bertz CT molecular complexity index is 1020. The van der Waals surface area contributed by atoms with Gasteiger partial charge in [0.15, 0.2) is 0 Å². The molecule has 0 aliphatic heterocycles. The van der Waals surface area contributed by atoms with Gasteiger partial charge in [-0.1, -0.05) is 83.8 Å². The molecule has 0 saturated heterocycles. The van der Waals surface area contributed by atoms with E-state index in [9.17, 15) is 14.0 Å². The highest BCUT2D eigenvalue weighted by Gasteiger charge is 2.17. The molecule has 0 aliphatic rings. The number of rotatable bonds is 19. The normalized spacial score (nSPS) is 11.9. The van der Waals surface area contributed by atoms with Crippen LogP contribution in [-0.4, -0.2) is 24.6 Å². The van der Waals surface area contributed by atoms with Crippen LogP contribution in [0.25, 0.3) is 6.08 Å². The van der Waals surface area contributed by atoms with E-state index in [0.717, 1.165) is 55.9 Å². The number of halogens is 1. The minimum absolute atomic E-state index is 0.0143. The number of esters is 2. The largest absolute Gasteiger partial charge is 0.494 e. The SMILES string of the molecule is CCCCCCCCCOc1ccc(/C=C/C(=O)Oc2ccc(C(=O)O[C@@H](C)CCCCCC)c(F)c2)cc1. The minimum atomic E-state index is -0.792. The second kappa shape index (κ2) is 19.0. The zero-order valence-corrected chi connectivity index (χ0v) is 23.9. The molecule has 5 nitrogen and oxygen atoms in total. The van der Waals surface area contributed by atoms with Gasteiger partial charge in [0.25, 0.3) is 0 Å². The van der Waals surface area contributed by atoms with Crippen LogP contribution in [-0.2, 0) is 9.53 Å². The lowest BCUT2D eigenvalue weighted by molar-refractivity contribution is -0.128. The number of benzene rings is 2. The first-order valence-electron chi connectivity index (χ1n) is 14.6. The molecule has 6 heteroatoms. The average molecular weight is 541 g/mol. The monoisotopic (exact) mass is 540 g/mol. The molecular formula is C33H45FO5. The van der Waals surface area contributed by atoms with Gasteiger partial charge in [-0.25, -0.2) is 14.0 Å². The molecule has 0 spiro atoms. The highest BCUT2D eigenvalue weighted by Crippen LogP contribution is 2.20. The highest BCUT2D eigenvalue weighted by atomic mass is 19.1. The van der Waals surface area contributed by atoms with Crippen molar-refractivity contribution < 1.29 is 28.2 Å². The standard InChI is InChI=1S/C33H45FO5/c1-4-6-8-10-11-12-14-24-37-28-19-16-27(17-20-28)18-23-32(35)39-29-21-22-30(31(34)25-29)33(36)38-26(3)15-13-9-7-5-2/h16-23,25-26H,4-15,24H2,1-3H3/b23-18+/t26-/m0/s1. The smallest absolute Gasteiger partial charge is 0.341 e. The Balaban J connectivity index is 1.75. The van der Waals surface area contributed by atoms with Crippen LogP contribution in [0, 0.1) is 5.82 Å². The van der Waals surface area contributed by atoms with Crippen molar-refractivity contribution >= 4 is 18.0 Å². The second-order valence-corrected chi connectivity index (χ2v) is 10.0. The van der Waals surface area contributed by atoms with E-state index in [1.54, 1.807) is 6.08 Å². The molecule has 39 heavy (non-hydrogen) atoms. The summed E-state index contributed by atoms with van der Waals surface area (Å²) in [6, 6.07) is 11.1. The zero-order chi connectivity index (χ0) is 28.3. The van der Waals surface area contributed by atoms with E-state index >= 15 is 0 Å². The molecule has 0 aliphatic carbocycles.